The van der Waals surface area contributed by atoms with E-state index in [2.05, 4.69) is 26.6 Å². The highest BCUT2D eigenvalue weighted by molar-refractivity contribution is 5.91. The number of non-ortho nitro benzene ring substituents is 1. The molecule has 19 nitrogen and oxygen atoms in total. The Bertz CT molecular complexity index is 1670. The lowest BCUT2D eigenvalue weighted by Gasteiger charge is -2.23. The summed E-state index contributed by atoms with van der Waals surface area (Å²) >= 11 is 0. The van der Waals surface area contributed by atoms with Crippen LogP contribution in [0.4, 0.5) is 17.1 Å². The number of hydrogen-bond donors (Lipinski definition) is 7. The van der Waals surface area contributed by atoms with Crippen LogP contribution in [-0.2, 0) is 35.1 Å². The van der Waals surface area contributed by atoms with E-state index in [9.17, 15) is 54.4 Å². The molecule has 0 radical (unpaired) electrons. The minimum absolute atomic E-state index is 0.0438. The number of amides is 3. The molecule has 3 atom stereocenters. The maximum atomic E-state index is 13.2. The number of carbonyl (C=O) groups excluding carboxylic acids is 3. The number of nitro benzene ring substituents is 1. The molecule has 0 heterocycles. The summed E-state index contributed by atoms with van der Waals surface area (Å²) in [5.74, 6) is -4.57. The molecular weight excluding hydrogens is 710 g/mol. The monoisotopic (exact) mass is 757 g/mol. The van der Waals surface area contributed by atoms with Crippen molar-refractivity contribution in [2.24, 2.45) is 11.3 Å². The Hall–Kier alpha value is -6.11. The van der Waals surface area contributed by atoms with Gasteiger partial charge in [-0.25, -0.2) is 9.59 Å². The molecule has 2 aromatic rings. The number of carboxylic acid groups (broad SMARTS) is 2. The van der Waals surface area contributed by atoms with Crippen LogP contribution >= 0.6 is 0 Å². The van der Waals surface area contributed by atoms with Gasteiger partial charge in [0, 0.05) is 43.0 Å². The van der Waals surface area contributed by atoms with Gasteiger partial charge in [-0.05, 0) is 47.6 Å². The first-order valence-electron chi connectivity index (χ1n) is 16.9. The number of carbonyl (C=O) groups is 5. The predicted molar refractivity (Wildman–Crippen MR) is 196 cm³/mol. The summed E-state index contributed by atoms with van der Waals surface area (Å²) in [5.41, 5.74) is 0.760. The maximum absolute atomic E-state index is 13.2. The topological polar surface area (TPSA) is 281 Å². The summed E-state index contributed by atoms with van der Waals surface area (Å²) < 4.78 is 5.35. The highest BCUT2D eigenvalue weighted by atomic mass is 16.6. The molecule has 0 bridgehead atoms. The van der Waals surface area contributed by atoms with Crippen LogP contribution in [0, 0.1) is 31.6 Å². The van der Waals surface area contributed by atoms with Crippen molar-refractivity contribution < 1.29 is 48.8 Å². The number of benzene rings is 2. The lowest BCUT2D eigenvalue weighted by Crippen LogP contribution is -2.52. The van der Waals surface area contributed by atoms with Crippen molar-refractivity contribution >= 4 is 46.7 Å². The van der Waals surface area contributed by atoms with Gasteiger partial charge < -0.3 is 41.5 Å². The van der Waals surface area contributed by atoms with Crippen LogP contribution in [0.25, 0.3) is 0 Å². The van der Waals surface area contributed by atoms with Crippen LogP contribution in [-0.4, -0.2) is 81.1 Å². The van der Waals surface area contributed by atoms with Crippen molar-refractivity contribution in [2.75, 3.05) is 23.8 Å². The Balaban J connectivity index is 1.99. The summed E-state index contributed by atoms with van der Waals surface area (Å²) in [4.78, 5) is 82.7. The highest BCUT2D eigenvalue weighted by Crippen LogP contribution is 2.20. The molecule has 294 valence electrons. The molecule has 3 amide bonds. The van der Waals surface area contributed by atoms with E-state index in [0.717, 1.165) is 0 Å². The van der Waals surface area contributed by atoms with Gasteiger partial charge >= 0.3 is 11.9 Å². The number of anilines is 2. The summed E-state index contributed by atoms with van der Waals surface area (Å²) in [6.45, 7) is 8.42. The second kappa shape index (κ2) is 20.8. The van der Waals surface area contributed by atoms with Gasteiger partial charge in [0.25, 0.3) is 11.9 Å². The number of nitrogens with zero attached hydrogens (tertiary/aromatic N) is 2. The molecule has 0 saturated heterocycles. The van der Waals surface area contributed by atoms with Crippen molar-refractivity contribution in [1.29, 1.82) is 0 Å². The molecule has 0 aromatic heterocycles. The molecule has 0 aliphatic rings. The molecule has 2 aromatic carbocycles. The molecular formula is C35H47N7O12. The van der Waals surface area contributed by atoms with Crippen molar-refractivity contribution in [2.45, 2.75) is 78.4 Å². The molecule has 0 aliphatic heterocycles. The average molecular weight is 758 g/mol. The normalized spacial score (nSPS) is 13.2. The van der Waals surface area contributed by atoms with Gasteiger partial charge in [-0.2, -0.15) is 0 Å². The third-order valence-electron chi connectivity index (χ3n) is 7.32. The lowest BCUT2D eigenvalue weighted by molar-refractivity contribution is -0.403. The van der Waals surface area contributed by atoms with E-state index in [1.165, 1.54) is 24.3 Å². The van der Waals surface area contributed by atoms with Gasteiger partial charge in [-0.1, -0.05) is 46.8 Å². The molecule has 54 heavy (non-hydrogen) atoms. The minimum atomic E-state index is -1.42. The largest absolute Gasteiger partial charge is 0.480 e. The SMILES string of the molecule is CC(C)CC(NC(=O)Cc1ccc(N/C(=C/[N+](=O)[O-])Nc2ccc([N+](=O)[O-])cc2)cc1)C(=O)NC(CCOCC(NC(=O)CC(C)(C)C)C(=O)O)C(=O)O. The molecule has 0 fully saturated rings. The fraction of sp³-hybridized carbons (Fsp3) is 0.457. The second-order valence-corrected chi connectivity index (χ2v) is 14.0. The van der Waals surface area contributed by atoms with Gasteiger partial charge in [0.15, 0.2) is 11.9 Å². The van der Waals surface area contributed by atoms with Gasteiger partial charge in [0.2, 0.25) is 17.7 Å². The third-order valence-corrected chi connectivity index (χ3v) is 7.32. The molecule has 0 saturated carbocycles. The van der Waals surface area contributed by atoms with Gasteiger partial charge in [0.1, 0.15) is 12.1 Å². The van der Waals surface area contributed by atoms with E-state index >= 15 is 0 Å². The zero-order valence-electron chi connectivity index (χ0n) is 30.6. The lowest BCUT2D eigenvalue weighted by atomic mass is 9.92. The minimum Gasteiger partial charge on any atom is -0.480 e. The Labute approximate surface area is 311 Å². The summed E-state index contributed by atoms with van der Waals surface area (Å²) in [5, 5.41) is 54.3. The first-order valence-corrected chi connectivity index (χ1v) is 16.9. The third kappa shape index (κ3) is 16.9. The van der Waals surface area contributed by atoms with Gasteiger partial charge in [0.05, 0.1) is 22.9 Å². The molecule has 7 N–H and O–H groups in total. The van der Waals surface area contributed by atoms with Crippen molar-refractivity contribution in [3.8, 4) is 0 Å². The maximum Gasteiger partial charge on any atom is 0.328 e. The summed E-state index contributed by atoms with van der Waals surface area (Å²) in [7, 11) is 0. The molecule has 0 spiro atoms. The fourth-order valence-corrected chi connectivity index (χ4v) is 4.85. The van der Waals surface area contributed by atoms with E-state index in [4.69, 9.17) is 4.74 Å². The van der Waals surface area contributed by atoms with E-state index < -0.39 is 64.2 Å². The van der Waals surface area contributed by atoms with Crippen LogP contribution in [0.1, 0.15) is 59.4 Å². The zero-order chi connectivity index (χ0) is 40.6. The Morgan fingerprint density at radius 2 is 1.33 bits per heavy atom. The average Bonchev–Trinajstić information content (AvgIpc) is 3.04. The zero-order valence-corrected chi connectivity index (χ0v) is 30.6. The summed E-state index contributed by atoms with van der Waals surface area (Å²) in [6, 6.07) is 7.67. The number of nitrogens with one attached hydrogen (secondary N) is 5. The van der Waals surface area contributed by atoms with Gasteiger partial charge in [-0.15, -0.1) is 0 Å². The van der Waals surface area contributed by atoms with Crippen LogP contribution in [0.3, 0.4) is 0 Å². The first kappa shape index (κ1) is 44.1. The molecule has 0 aliphatic carbocycles. The first-order chi connectivity index (χ1) is 25.2. The predicted octanol–water partition coefficient (Wildman–Crippen LogP) is 3.25. The number of nitro groups is 2. The Morgan fingerprint density at radius 1 is 0.796 bits per heavy atom. The number of rotatable bonds is 22. The van der Waals surface area contributed by atoms with Crippen molar-refractivity contribution in [3.63, 3.8) is 0 Å². The van der Waals surface area contributed by atoms with Crippen molar-refractivity contribution in [1.82, 2.24) is 16.0 Å². The number of hydrogen-bond acceptors (Lipinski definition) is 12. The highest BCUT2D eigenvalue weighted by Gasteiger charge is 2.28. The standard InChI is InChI=1S/C35H47N7O12/c1-21(2)16-27(32(45)40-26(33(46)47)14-15-54-20-28(34(48)49)39-31(44)18-35(3,4)5)38-30(43)17-22-6-8-23(9-7-22)36-29(19-41(50)51)37-24-10-12-25(13-11-24)42(52)53/h6-13,19,21,26-28,36-37H,14-18,20H2,1-5H3,(H,38,43)(H,39,44)(H,40,45)(H,46,47)(H,48,49)/b29-19-. The molecule has 19 heteroatoms. The Kier molecular flexibility index (Phi) is 17.0. The smallest absolute Gasteiger partial charge is 0.328 e. The number of carboxylic acids is 2. The number of ether oxygens (including phenoxy) is 1. The van der Waals surface area contributed by atoms with E-state index in [0.29, 0.717) is 23.1 Å². The van der Waals surface area contributed by atoms with Crippen LogP contribution < -0.4 is 26.6 Å². The van der Waals surface area contributed by atoms with E-state index in [1.54, 1.807) is 24.3 Å². The van der Waals surface area contributed by atoms with E-state index in [-0.39, 0.29) is 55.1 Å². The van der Waals surface area contributed by atoms with Crippen LogP contribution in [0.2, 0.25) is 0 Å². The number of aliphatic carboxylic acids is 2. The van der Waals surface area contributed by atoms with E-state index in [1.807, 2.05) is 34.6 Å². The molecule has 3 unspecified atom stereocenters. The quantitative estimate of drug-likeness (QED) is 0.0516. The summed E-state index contributed by atoms with van der Waals surface area (Å²) in [6.07, 6.45) is 0.560. The van der Waals surface area contributed by atoms with Gasteiger partial charge in [-0.3, -0.25) is 34.6 Å². The molecule has 2 rings (SSSR count). The Morgan fingerprint density at radius 3 is 1.81 bits per heavy atom. The van der Waals surface area contributed by atoms with Crippen molar-refractivity contribution in [3.05, 3.63) is 86.3 Å². The van der Waals surface area contributed by atoms with Crippen LogP contribution in [0.5, 0.6) is 0 Å². The fourth-order valence-electron chi connectivity index (χ4n) is 4.85. The second-order valence-electron chi connectivity index (χ2n) is 14.0. The van der Waals surface area contributed by atoms with Crippen LogP contribution in [0.15, 0.2) is 60.6 Å².